The number of pyridine rings is 1. The normalized spacial score (nSPS) is 11.4. The van der Waals surface area contributed by atoms with Gasteiger partial charge in [0, 0.05) is 19.8 Å². The Morgan fingerprint density at radius 3 is 2.69 bits per heavy atom. The molecule has 1 aromatic heterocycles. The maximum Gasteiger partial charge on any atom is 0.244 e. The number of nitriles is 1. The standard InChI is InChI=1S/C9H11N3O3S/c1-12(4-5-13)16(14,15)9-3-2-8(6-10)11-7-9/h2-3,7,13H,4-5H2,1H3. The molecule has 86 valence electrons. The summed E-state index contributed by atoms with van der Waals surface area (Å²) < 4.78 is 24.7. The quantitative estimate of drug-likeness (QED) is 0.771. The zero-order valence-corrected chi connectivity index (χ0v) is 9.48. The van der Waals surface area contributed by atoms with E-state index >= 15 is 0 Å². The second-order valence-corrected chi connectivity index (χ2v) is 5.09. The number of aromatic nitrogens is 1. The summed E-state index contributed by atoms with van der Waals surface area (Å²) in [5.41, 5.74) is 0.156. The minimum Gasteiger partial charge on any atom is -0.395 e. The van der Waals surface area contributed by atoms with Gasteiger partial charge in [0.25, 0.3) is 0 Å². The number of aliphatic hydroxyl groups is 1. The number of rotatable bonds is 4. The van der Waals surface area contributed by atoms with Crippen LogP contribution in [0.1, 0.15) is 5.69 Å². The molecule has 0 amide bonds. The maximum absolute atomic E-state index is 11.8. The minimum atomic E-state index is -3.62. The van der Waals surface area contributed by atoms with Gasteiger partial charge in [0.05, 0.1) is 6.61 Å². The first-order chi connectivity index (χ1) is 7.52. The highest BCUT2D eigenvalue weighted by atomic mass is 32.2. The topological polar surface area (TPSA) is 94.3 Å². The van der Waals surface area contributed by atoms with Gasteiger partial charge in [-0.3, -0.25) is 0 Å². The summed E-state index contributed by atoms with van der Waals surface area (Å²) in [6.45, 7) is -0.234. The minimum absolute atomic E-state index is 0.00227. The summed E-state index contributed by atoms with van der Waals surface area (Å²) in [6, 6.07) is 4.45. The molecule has 7 heteroatoms. The number of nitrogens with zero attached hydrogens (tertiary/aromatic N) is 3. The Morgan fingerprint density at radius 1 is 1.56 bits per heavy atom. The molecule has 0 fully saturated rings. The lowest BCUT2D eigenvalue weighted by molar-refractivity contribution is 0.266. The Bertz CT molecular complexity index is 490. The van der Waals surface area contributed by atoms with Crippen molar-refractivity contribution in [3.8, 4) is 6.07 Å². The summed E-state index contributed by atoms with van der Waals surface area (Å²) in [4.78, 5) is 3.68. The van der Waals surface area contributed by atoms with Gasteiger partial charge in [0.1, 0.15) is 16.7 Å². The molecule has 0 bridgehead atoms. The number of hydrogen-bond acceptors (Lipinski definition) is 5. The van der Waals surface area contributed by atoms with Crippen molar-refractivity contribution in [1.29, 1.82) is 5.26 Å². The highest BCUT2D eigenvalue weighted by molar-refractivity contribution is 7.89. The van der Waals surface area contributed by atoms with Crippen LogP contribution in [-0.2, 0) is 10.0 Å². The van der Waals surface area contributed by atoms with Crippen molar-refractivity contribution >= 4 is 10.0 Å². The first kappa shape index (κ1) is 12.6. The molecule has 0 aliphatic rings. The lowest BCUT2D eigenvalue weighted by Gasteiger charge is -2.15. The number of aliphatic hydroxyl groups excluding tert-OH is 1. The van der Waals surface area contributed by atoms with Crippen molar-refractivity contribution in [2.24, 2.45) is 0 Å². The Kier molecular flexibility index (Phi) is 3.95. The fraction of sp³-hybridized carbons (Fsp3) is 0.333. The van der Waals surface area contributed by atoms with E-state index in [1.54, 1.807) is 6.07 Å². The summed E-state index contributed by atoms with van der Waals surface area (Å²) in [6.07, 6.45) is 1.13. The van der Waals surface area contributed by atoms with Crippen LogP contribution >= 0.6 is 0 Å². The molecule has 1 aromatic rings. The predicted molar refractivity (Wildman–Crippen MR) is 55.9 cm³/mol. The van der Waals surface area contributed by atoms with Gasteiger partial charge in [-0.2, -0.15) is 9.57 Å². The number of sulfonamides is 1. The van der Waals surface area contributed by atoms with E-state index in [4.69, 9.17) is 10.4 Å². The van der Waals surface area contributed by atoms with E-state index in [1.807, 2.05) is 0 Å². The summed E-state index contributed by atoms with van der Waals surface area (Å²) >= 11 is 0. The highest BCUT2D eigenvalue weighted by Crippen LogP contribution is 2.12. The monoisotopic (exact) mass is 241 g/mol. The summed E-state index contributed by atoms with van der Waals surface area (Å²) in [7, 11) is -2.26. The molecule has 0 saturated heterocycles. The summed E-state index contributed by atoms with van der Waals surface area (Å²) in [5.74, 6) is 0. The molecule has 0 spiro atoms. The molecular formula is C9H11N3O3S. The van der Waals surface area contributed by atoms with Crippen LogP contribution in [0.3, 0.4) is 0 Å². The molecule has 1 rings (SSSR count). The third-order valence-corrected chi connectivity index (χ3v) is 3.81. The molecule has 1 N–H and O–H groups in total. The van der Waals surface area contributed by atoms with Crippen molar-refractivity contribution < 1.29 is 13.5 Å². The van der Waals surface area contributed by atoms with Crippen LogP contribution in [0.25, 0.3) is 0 Å². The van der Waals surface area contributed by atoms with E-state index in [0.29, 0.717) is 0 Å². The molecular weight excluding hydrogens is 230 g/mol. The molecule has 0 aliphatic carbocycles. The zero-order chi connectivity index (χ0) is 12.2. The first-order valence-electron chi connectivity index (χ1n) is 4.45. The average Bonchev–Trinajstić information content (AvgIpc) is 2.29. The molecule has 0 unspecified atom stereocenters. The molecule has 16 heavy (non-hydrogen) atoms. The third-order valence-electron chi connectivity index (χ3n) is 1.97. The van der Waals surface area contributed by atoms with Crippen molar-refractivity contribution in [2.45, 2.75) is 4.90 Å². The lowest BCUT2D eigenvalue weighted by Crippen LogP contribution is -2.29. The van der Waals surface area contributed by atoms with Gasteiger partial charge in [-0.1, -0.05) is 0 Å². The predicted octanol–water partition coefficient (Wildman–Crippen LogP) is -0.434. The van der Waals surface area contributed by atoms with Gasteiger partial charge in [0.15, 0.2) is 0 Å². The van der Waals surface area contributed by atoms with E-state index in [-0.39, 0.29) is 23.7 Å². The first-order valence-corrected chi connectivity index (χ1v) is 5.89. The van der Waals surface area contributed by atoms with E-state index in [1.165, 1.54) is 19.2 Å². The van der Waals surface area contributed by atoms with E-state index in [0.717, 1.165) is 10.5 Å². The number of hydrogen-bond donors (Lipinski definition) is 1. The third kappa shape index (κ3) is 2.55. The SMILES string of the molecule is CN(CCO)S(=O)(=O)c1ccc(C#N)nc1. The smallest absolute Gasteiger partial charge is 0.244 e. The van der Waals surface area contributed by atoms with Crippen LogP contribution < -0.4 is 0 Å². The van der Waals surface area contributed by atoms with Crippen LogP contribution in [0.5, 0.6) is 0 Å². The van der Waals surface area contributed by atoms with Gasteiger partial charge >= 0.3 is 0 Å². The van der Waals surface area contributed by atoms with Gasteiger partial charge < -0.3 is 5.11 Å². The number of likely N-dealkylation sites (N-methyl/N-ethyl adjacent to an activating group) is 1. The van der Waals surface area contributed by atoms with E-state index < -0.39 is 10.0 Å². The fourth-order valence-corrected chi connectivity index (χ4v) is 2.15. The molecule has 1 heterocycles. The Morgan fingerprint density at radius 2 is 2.25 bits per heavy atom. The van der Waals surface area contributed by atoms with Gasteiger partial charge in [-0.15, -0.1) is 0 Å². The van der Waals surface area contributed by atoms with Crippen LogP contribution in [0.4, 0.5) is 0 Å². The lowest BCUT2D eigenvalue weighted by atomic mass is 10.4. The molecule has 6 nitrogen and oxygen atoms in total. The zero-order valence-electron chi connectivity index (χ0n) is 8.66. The van der Waals surface area contributed by atoms with Crippen LogP contribution in [0.2, 0.25) is 0 Å². The van der Waals surface area contributed by atoms with Crippen LogP contribution in [-0.4, -0.2) is 43.0 Å². The van der Waals surface area contributed by atoms with Crippen LogP contribution in [0, 0.1) is 11.3 Å². The molecule has 0 radical (unpaired) electrons. The average molecular weight is 241 g/mol. The largest absolute Gasteiger partial charge is 0.395 e. The molecule has 0 atom stereocenters. The Labute approximate surface area is 93.8 Å². The second-order valence-electron chi connectivity index (χ2n) is 3.04. The second kappa shape index (κ2) is 5.03. The van der Waals surface area contributed by atoms with Crippen molar-refractivity contribution in [1.82, 2.24) is 9.29 Å². The van der Waals surface area contributed by atoms with Gasteiger partial charge in [-0.05, 0) is 12.1 Å². The molecule has 0 saturated carbocycles. The van der Waals surface area contributed by atoms with Crippen molar-refractivity contribution in [2.75, 3.05) is 20.2 Å². The van der Waals surface area contributed by atoms with Crippen molar-refractivity contribution in [3.05, 3.63) is 24.0 Å². The molecule has 0 aliphatic heterocycles. The van der Waals surface area contributed by atoms with E-state index in [2.05, 4.69) is 4.98 Å². The van der Waals surface area contributed by atoms with E-state index in [9.17, 15) is 8.42 Å². The van der Waals surface area contributed by atoms with Gasteiger partial charge in [0.2, 0.25) is 10.0 Å². The van der Waals surface area contributed by atoms with Gasteiger partial charge in [-0.25, -0.2) is 13.4 Å². The Balaban J connectivity index is 3.04. The summed E-state index contributed by atoms with van der Waals surface area (Å²) in [5, 5.41) is 17.2. The molecule has 0 aromatic carbocycles. The Hall–Kier alpha value is -1.49. The maximum atomic E-state index is 11.8. The highest BCUT2D eigenvalue weighted by Gasteiger charge is 2.20. The van der Waals surface area contributed by atoms with Crippen molar-refractivity contribution in [3.63, 3.8) is 0 Å². The van der Waals surface area contributed by atoms with Crippen LogP contribution in [0.15, 0.2) is 23.2 Å². The fourth-order valence-electron chi connectivity index (χ4n) is 1.04.